The van der Waals surface area contributed by atoms with Crippen molar-refractivity contribution in [2.24, 2.45) is 11.8 Å². The normalized spacial score (nSPS) is 24.0. The average molecular weight is 243 g/mol. The van der Waals surface area contributed by atoms with E-state index in [-0.39, 0.29) is 11.6 Å². The van der Waals surface area contributed by atoms with Crippen molar-refractivity contribution in [3.8, 4) is 0 Å². The Labute approximate surface area is 106 Å². The maximum atomic E-state index is 5.80. The van der Waals surface area contributed by atoms with Gasteiger partial charge in [0.1, 0.15) is 0 Å². The van der Waals surface area contributed by atoms with Gasteiger partial charge in [-0.1, -0.05) is 13.8 Å². The number of ether oxygens (including phenoxy) is 1. The van der Waals surface area contributed by atoms with Crippen molar-refractivity contribution < 1.29 is 4.74 Å². The Balaban J connectivity index is 2.75. The van der Waals surface area contributed by atoms with E-state index in [4.69, 9.17) is 10.6 Å². The number of rotatable bonds is 6. The summed E-state index contributed by atoms with van der Waals surface area (Å²) in [5.74, 6) is 6.32. The van der Waals surface area contributed by atoms with E-state index in [1.807, 2.05) is 0 Å². The molecular weight excluding hydrogens is 214 g/mol. The van der Waals surface area contributed by atoms with Gasteiger partial charge in [-0.25, -0.2) is 0 Å². The molecule has 0 amide bonds. The summed E-state index contributed by atoms with van der Waals surface area (Å²) >= 11 is 0. The van der Waals surface area contributed by atoms with Crippen LogP contribution in [0.2, 0.25) is 0 Å². The van der Waals surface area contributed by atoms with Crippen molar-refractivity contribution in [1.29, 1.82) is 0 Å². The van der Waals surface area contributed by atoms with E-state index >= 15 is 0 Å². The Hall–Kier alpha value is -0.160. The molecule has 1 aliphatic heterocycles. The van der Waals surface area contributed by atoms with Gasteiger partial charge in [0, 0.05) is 24.1 Å². The van der Waals surface area contributed by atoms with E-state index in [0.29, 0.717) is 5.92 Å². The molecule has 1 rings (SSSR count). The van der Waals surface area contributed by atoms with Gasteiger partial charge in [0.05, 0.1) is 6.61 Å². The molecule has 0 saturated carbocycles. The van der Waals surface area contributed by atoms with Gasteiger partial charge < -0.3 is 4.74 Å². The number of likely N-dealkylation sites (N-methyl/N-ethyl adjacent to an activating group) is 1. The molecule has 4 heteroatoms. The van der Waals surface area contributed by atoms with Gasteiger partial charge in [-0.2, -0.15) is 0 Å². The SMILES string of the molecule is CCN(CC)C(C)(C)C(NN)C1CCCOC1. The Kier molecular flexibility index (Phi) is 5.86. The third-order valence-corrected chi connectivity index (χ3v) is 4.19. The van der Waals surface area contributed by atoms with Crippen LogP contribution in [0, 0.1) is 5.92 Å². The molecule has 1 fully saturated rings. The lowest BCUT2D eigenvalue weighted by molar-refractivity contribution is -0.00561. The van der Waals surface area contributed by atoms with Crippen molar-refractivity contribution >= 4 is 0 Å². The highest BCUT2D eigenvalue weighted by molar-refractivity contribution is 4.96. The monoisotopic (exact) mass is 243 g/mol. The molecule has 1 aliphatic rings. The van der Waals surface area contributed by atoms with Gasteiger partial charge in [-0.3, -0.25) is 16.2 Å². The number of nitrogens with one attached hydrogen (secondary N) is 1. The van der Waals surface area contributed by atoms with Crippen LogP contribution in [0.1, 0.15) is 40.5 Å². The van der Waals surface area contributed by atoms with E-state index < -0.39 is 0 Å². The summed E-state index contributed by atoms with van der Waals surface area (Å²) in [5.41, 5.74) is 3.10. The lowest BCUT2D eigenvalue weighted by Gasteiger charge is -2.47. The van der Waals surface area contributed by atoms with Crippen molar-refractivity contribution in [1.82, 2.24) is 10.3 Å². The van der Waals surface area contributed by atoms with Crippen LogP contribution < -0.4 is 11.3 Å². The third-order valence-electron chi connectivity index (χ3n) is 4.19. The summed E-state index contributed by atoms with van der Waals surface area (Å²) in [4.78, 5) is 2.46. The van der Waals surface area contributed by atoms with E-state index in [0.717, 1.165) is 32.7 Å². The second-order valence-corrected chi connectivity index (χ2v) is 5.45. The molecule has 0 radical (unpaired) electrons. The quantitative estimate of drug-likeness (QED) is 0.546. The van der Waals surface area contributed by atoms with Gasteiger partial charge in [-0.15, -0.1) is 0 Å². The zero-order chi connectivity index (χ0) is 12.9. The maximum Gasteiger partial charge on any atom is 0.0510 e. The number of nitrogens with two attached hydrogens (primary N) is 1. The van der Waals surface area contributed by atoms with Crippen molar-refractivity contribution in [3.63, 3.8) is 0 Å². The number of hydrogen-bond donors (Lipinski definition) is 2. The zero-order valence-corrected chi connectivity index (χ0v) is 11.8. The van der Waals surface area contributed by atoms with Crippen LogP contribution in [-0.2, 0) is 4.74 Å². The van der Waals surface area contributed by atoms with Crippen LogP contribution in [0.3, 0.4) is 0 Å². The standard InChI is InChI=1S/C13H29N3O/c1-5-16(6-2)13(3,4)12(15-14)11-8-7-9-17-10-11/h11-12,15H,5-10,14H2,1-4H3. The van der Waals surface area contributed by atoms with E-state index in [9.17, 15) is 0 Å². The Bertz CT molecular complexity index is 211. The highest BCUT2D eigenvalue weighted by atomic mass is 16.5. The molecule has 102 valence electrons. The van der Waals surface area contributed by atoms with E-state index in [1.165, 1.54) is 6.42 Å². The fourth-order valence-corrected chi connectivity index (χ4v) is 3.18. The minimum Gasteiger partial charge on any atom is -0.381 e. The average Bonchev–Trinajstić information content (AvgIpc) is 2.32. The Morgan fingerprint density at radius 1 is 1.41 bits per heavy atom. The van der Waals surface area contributed by atoms with Crippen LogP contribution in [0.25, 0.3) is 0 Å². The van der Waals surface area contributed by atoms with Crippen molar-refractivity contribution in [2.75, 3.05) is 26.3 Å². The lowest BCUT2D eigenvalue weighted by Crippen LogP contribution is -2.63. The summed E-state index contributed by atoms with van der Waals surface area (Å²) in [6.45, 7) is 12.8. The summed E-state index contributed by atoms with van der Waals surface area (Å²) in [7, 11) is 0. The summed E-state index contributed by atoms with van der Waals surface area (Å²) in [5, 5.41) is 0. The van der Waals surface area contributed by atoms with E-state index in [1.54, 1.807) is 0 Å². The first-order valence-corrected chi connectivity index (χ1v) is 6.86. The fourth-order valence-electron chi connectivity index (χ4n) is 3.18. The van der Waals surface area contributed by atoms with E-state index in [2.05, 4.69) is 38.0 Å². The van der Waals surface area contributed by atoms with Crippen LogP contribution in [-0.4, -0.2) is 42.8 Å². The van der Waals surface area contributed by atoms with Crippen LogP contribution in [0.5, 0.6) is 0 Å². The molecule has 4 nitrogen and oxygen atoms in total. The predicted molar refractivity (Wildman–Crippen MR) is 71.7 cm³/mol. The molecule has 0 aromatic rings. The molecule has 17 heavy (non-hydrogen) atoms. The first-order valence-electron chi connectivity index (χ1n) is 6.86. The highest BCUT2D eigenvalue weighted by Gasteiger charge is 2.39. The Morgan fingerprint density at radius 3 is 2.47 bits per heavy atom. The summed E-state index contributed by atoms with van der Waals surface area (Å²) < 4.78 is 5.59. The minimum absolute atomic E-state index is 0.0591. The first kappa shape index (κ1) is 14.9. The molecular formula is C13H29N3O. The number of nitrogens with zero attached hydrogens (tertiary/aromatic N) is 1. The first-order chi connectivity index (χ1) is 8.07. The topological polar surface area (TPSA) is 50.5 Å². The van der Waals surface area contributed by atoms with Crippen LogP contribution in [0.15, 0.2) is 0 Å². The molecule has 0 aromatic heterocycles. The summed E-state index contributed by atoms with van der Waals surface area (Å²) in [6.07, 6.45) is 2.36. The smallest absolute Gasteiger partial charge is 0.0510 e. The predicted octanol–water partition coefficient (Wildman–Crippen LogP) is 1.37. The molecule has 1 heterocycles. The second-order valence-electron chi connectivity index (χ2n) is 5.45. The largest absolute Gasteiger partial charge is 0.381 e. The van der Waals surface area contributed by atoms with Crippen LogP contribution in [0.4, 0.5) is 0 Å². The molecule has 3 N–H and O–H groups in total. The van der Waals surface area contributed by atoms with Gasteiger partial charge >= 0.3 is 0 Å². The molecule has 2 unspecified atom stereocenters. The van der Waals surface area contributed by atoms with Gasteiger partial charge in [0.25, 0.3) is 0 Å². The maximum absolute atomic E-state index is 5.80. The number of hydrogen-bond acceptors (Lipinski definition) is 4. The molecule has 0 aliphatic carbocycles. The molecule has 0 bridgehead atoms. The fraction of sp³-hybridized carbons (Fsp3) is 1.00. The van der Waals surface area contributed by atoms with Gasteiger partial charge in [0.2, 0.25) is 0 Å². The summed E-state index contributed by atoms with van der Waals surface area (Å²) in [6, 6.07) is 0.280. The van der Waals surface area contributed by atoms with Crippen LogP contribution >= 0.6 is 0 Å². The van der Waals surface area contributed by atoms with Gasteiger partial charge in [0.15, 0.2) is 0 Å². The Morgan fingerprint density at radius 2 is 2.06 bits per heavy atom. The second kappa shape index (κ2) is 6.69. The number of hydrazine groups is 1. The molecule has 0 spiro atoms. The third kappa shape index (κ3) is 3.41. The van der Waals surface area contributed by atoms with Crippen molar-refractivity contribution in [3.05, 3.63) is 0 Å². The minimum atomic E-state index is 0.0591. The molecule has 0 aromatic carbocycles. The molecule has 2 atom stereocenters. The zero-order valence-electron chi connectivity index (χ0n) is 11.8. The molecule has 1 saturated heterocycles. The highest BCUT2D eigenvalue weighted by Crippen LogP contribution is 2.28. The van der Waals surface area contributed by atoms with Crippen molar-refractivity contribution in [2.45, 2.75) is 52.1 Å². The lowest BCUT2D eigenvalue weighted by atomic mass is 9.80. The van der Waals surface area contributed by atoms with Gasteiger partial charge in [-0.05, 0) is 39.8 Å².